The van der Waals surface area contributed by atoms with Crippen molar-refractivity contribution in [3.63, 3.8) is 0 Å². The summed E-state index contributed by atoms with van der Waals surface area (Å²) in [6, 6.07) is 17.2. The number of amides is 3. The van der Waals surface area contributed by atoms with Crippen LogP contribution in [0.15, 0.2) is 54.6 Å². The number of carbonyl (C=O) groups is 3. The Morgan fingerprint density at radius 2 is 1.65 bits per heavy atom. The highest BCUT2D eigenvalue weighted by molar-refractivity contribution is 6.10. The molecule has 2 aliphatic heterocycles. The molecule has 0 saturated carbocycles. The second-order valence-corrected chi connectivity index (χ2v) is 9.08. The van der Waals surface area contributed by atoms with Crippen LogP contribution < -0.4 is 0 Å². The number of imide groups is 1. The molecule has 0 aromatic heterocycles. The summed E-state index contributed by atoms with van der Waals surface area (Å²) in [7, 11) is 0. The number of hydrogen-bond donors (Lipinski definition) is 0. The van der Waals surface area contributed by atoms with E-state index in [1.54, 1.807) is 0 Å². The number of likely N-dealkylation sites (tertiary alicyclic amines) is 2. The number of hydrogen-bond acceptors (Lipinski definition) is 3. The first-order valence-electron chi connectivity index (χ1n) is 11.1. The van der Waals surface area contributed by atoms with E-state index in [0.717, 1.165) is 42.6 Å². The van der Waals surface area contributed by atoms with Gasteiger partial charge in [0.15, 0.2) is 0 Å². The molecule has 0 aliphatic carbocycles. The molecule has 0 N–H and O–H groups in total. The maximum atomic E-state index is 13.8. The summed E-state index contributed by atoms with van der Waals surface area (Å²) in [6.45, 7) is 5.83. The Morgan fingerprint density at radius 3 is 2.32 bits per heavy atom. The van der Waals surface area contributed by atoms with Gasteiger partial charge in [-0.2, -0.15) is 0 Å². The number of rotatable bonds is 5. The van der Waals surface area contributed by atoms with Crippen molar-refractivity contribution < 1.29 is 14.4 Å². The highest BCUT2D eigenvalue weighted by Gasteiger charge is 2.54. The monoisotopic (exact) mass is 418 g/mol. The van der Waals surface area contributed by atoms with E-state index in [-0.39, 0.29) is 37.1 Å². The van der Waals surface area contributed by atoms with E-state index in [0.29, 0.717) is 5.92 Å². The van der Waals surface area contributed by atoms with Crippen molar-refractivity contribution >= 4 is 17.7 Å². The summed E-state index contributed by atoms with van der Waals surface area (Å²) in [6.07, 6.45) is 2.05. The maximum Gasteiger partial charge on any atom is 0.241 e. The SMILES string of the molecule is Cc1ccccc1C1(CC(=O)N2CCC(C)CC2)CC(=O)N(Cc2ccccc2)C1=O. The lowest BCUT2D eigenvalue weighted by atomic mass is 9.73. The summed E-state index contributed by atoms with van der Waals surface area (Å²) >= 11 is 0. The molecule has 1 atom stereocenters. The Morgan fingerprint density at radius 1 is 1.00 bits per heavy atom. The molecule has 0 spiro atoms. The van der Waals surface area contributed by atoms with Crippen molar-refractivity contribution in [3.8, 4) is 0 Å². The number of carbonyl (C=O) groups excluding carboxylic acids is 3. The Kier molecular flexibility index (Phi) is 5.94. The lowest BCUT2D eigenvalue weighted by Gasteiger charge is -2.34. The minimum Gasteiger partial charge on any atom is -0.343 e. The Labute approximate surface area is 184 Å². The molecule has 1 unspecified atom stereocenters. The van der Waals surface area contributed by atoms with Crippen LogP contribution in [0.3, 0.4) is 0 Å². The minimum absolute atomic E-state index is 0.0298. The van der Waals surface area contributed by atoms with Gasteiger partial charge in [-0.25, -0.2) is 0 Å². The van der Waals surface area contributed by atoms with Crippen molar-refractivity contribution in [1.82, 2.24) is 9.80 Å². The molecule has 5 nitrogen and oxygen atoms in total. The highest BCUT2D eigenvalue weighted by Crippen LogP contribution is 2.42. The van der Waals surface area contributed by atoms with Crippen molar-refractivity contribution in [1.29, 1.82) is 0 Å². The van der Waals surface area contributed by atoms with Crippen LogP contribution in [0.25, 0.3) is 0 Å². The van der Waals surface area contributed by atoms with Gasteiger partial charge in [0.05, 0.1) is 12.0 Å². The smallest absolute Gasteiger partial charge is 0.241 e. The summed E-state index contributed by atoms with van der Waals surface area (Å²) < 4.78 is 0. The molecule has 0 bridgehead atoms. The fourth-order valence-corrected chi connectivity index (χ4v) is 4.91. The third-order valence-electron chi connectivity index (χ3n) is 6.84. The second-order valence-electron chi connectivity index (χ2n) is 9.08. The van der Waals surface area contributed by atoms with Crippen LogP contribution in [0.1, 0.15) is 49.3 Å². The van der Waals surface area contributed by atoms with Gasteiger partial charge >= 0.3 is 0 Å². The van der Waals surface area contributed by atoms with E-state index in [9.17, 15) is 14.4 Å². The number of aryl methyl sites for hydroxylation is 1. The number of benzene rings is 2. The maximum absolute atomic E-state index is 13.8. The van der Waals surface area contributed by atoms with E-state index in [4.69, 9.17) is 0 Å². The van der Waals surface area contributed by atoms with Gasteiger partial charge in [-0.3, -0.25) is 19.3 Å². The van der Waals surface area contributed by atoms with Crippen molar-refractivity contribution in [2.75, 3.05) is 13.1 Å². The molecule has 2 aromatic carbocycles. The predicted octanol–water partition coefficient (Wildman–Crippen LogP) is 3.84. The molecule has 162 valence electrons. The summed E-state index contributed by atoms with van der Waals surface area (Å²) in [4.78, 5) is 43.4. The number of nitrogens with zero attached hydrogens (tertiary/aromatic N) is 2. The normalized spacial score (nSPS) is 22.3. The molecule has 31 heavy (non-hydrogen) atoms. The third-order valence-corrected chi connectivity index (χ3v) is 6.84. The molecular weight excluding hydrogens is 388 g/mol. The largest absolute Gasteiger partial charge is 0.343 e. The van der Waals surface area contributed by atoms with Crippen LogP contribution in [-0.4, -0.2) is 40.6 Å². The Balaban J connectivity index is 1.67. The molecule has 0 radical (unpaired) electrons. The van der Waals surface area contributed by atoms with Gasteiger partial charge in [0, 0.05) is 25.9 Å². The predicted molar refractivity (Wildman–Crippen MR) is 119 cm³/mol. The fourth-order valence-electron chi connectivity index (χ4n) is 4.91. The van der Waals surface area contributed by atoms with Gasteiger partial charge in [-0.1, -0.05) is 61.5 Å². The summed E-state index contributed by atoms with van der Waals surface area (Å²) in [5, 5.41) is 0. The molecule has 5 heteroatoms. The van der Waals surface area contributed by atoms with Gasteiger partial charge in [-0.05, 0) is 42.4 Å². The zero-order valence-electron chi connectivity index (χ0n) is 18.3. The first-order chi connectivity index (χ1) is 14.9. The summed E-state index contributed by atoms with van der Waals surface area (Å²) in [5.74, 6) is 0.120. The van der Waals surface area contributed by atoms with Gasteiger partial charge < -0.3 is 4.90 Å². The topological polar surface area (TPSA) is 57.7 Å². The fraction of sp³-hybridized carbons (Fsp3) is 0.423. The second kappa shape index (κ2) is 8.66. The van der Waals surface area contributed by atoms with E-state index in [1.807, 2.05) is 66.4 Å². The first kappa shape index (κ1) is 21.3. The average Bonchev–Trinajstić information content (AvgIpc) is 3.00. The minimum atomic E-state index is -1.13. The summed E-state index contributed by atoms with van der Waals surface area (Å²) in [5.41, 5.74) is 1.51. The lowest BCUT2D eigenvalue weighted by molar-refractivity contribution is -0.143. The molecular formula is C26H30N2O3. The van der Waals surface area contributed by atoms with Gasteiger partial charge in [0.2, 0.25) is 17.7 Å². The average molecular weight is 419 g/mol. The molecule has 2 aliphatic rings. The van der Waals surface area contributed by atoms with Crippen LogP contribution in [0, 0.1) is 12.8 Å². The van der Waals surface area contributed by atoms with E-state index >= 15 is 0 Å². The molecule has 2 aromatic rings. The van der Waals surface area contributed by atoms with E-state index < -0.39 is 5.41 Å². The van der Waals surface area contributed by atoms with Crippen LogP contribution in [0.2, 0.25) is 0 Å². The van der Waals surface area contributed by atoms with Crippen LogP contribution in [0.4, 0.5) is 0 Å². The Bertz CT molecular complexity index is 979. The zero-order chi connectivity index (χ0) is 22.0. The third kappa shape index (κ3) is 4.14. The van der Waals surface area contributed by atoms with Gasteiger partial charge in [0.25, 0.3) is 0 Å². The van der Waals surface area contributed by atoms with Crippen LogP contribution >= 0.6 is 0 Å². The van der Waals surface area contributed by atoms with Crippen LogP contribution in [-0.2, 0) is 26.3 Å². The zero-order valence-corrected chi connectivity index (χ0v) is 18.3. The molecule has 4 rings (SSSR count). The standard InChI is InChI=1S/C26H30N2O3/c1-19-12-14-27(15-13-19)23(29)16-26(22-11-7-6-8-20(22)2)17-24(30)28(25(26)31)18-21-9-4-3-5-10-21/h3-11,19H,12-18H2,1-2H3. The van der Waals surface area contributed by atoms with Crippen molar-refractivity contribution in [2.24, 2.45) is 5.92 Å². The lowest BCUT2D eigenvalue weighted by Crippen LogP contribution is -2.45. The van der Waals surface area contributed by atoms with E-state index in [2.05, 4.69) is 6.92 Å². The first-order valence-corrected chi connectivity index (χ1v) is 11.1. The molecule has 2 heterocycles. The molecule has 3 amide bonds. The van der Waals surface area contributed by atoms with Gasteiger partial charge in [-0.15, -0.1) is 0 Å². The molecule has 2 saturated heterocycles. The highest BCUT2D eigenvalue weighted by atomic mass is 16.2. The quantitative estimate of drug-likeness (QED) is 0.693. The van der Waals surface area contributed by atoms with Crippen LogP contribution in [0.5, 0.6) is 0 Å². The molecule has 2 fully saturated rings. The van der Waals surface area contributed by atoms with Crippen molar-refractivity contribution in [2.45, 2.75) is 51.5 Å². The van der Waals surface area contributed by atoms with Gasteiger partial charge in [0.1, 0.15) is 0 Å². The van der Waals surface area contributed by atoms with Crippen molar-refractivity contribution in [3.05, 3.63) is 71.3 Å². The van der Waals surface area contributed by atoms with E-state index in [1.165, 1.54) is 4.90 Å². The number of piperidine rings is 1. The Hall–Kier alpha value is -2.95.